The Morgan fingerprint density at radius 1 is 1.39 bits per heavy atom. The zero-order valence-electron chi connectivity index (χ0n) is 14.1. The number of ether oxygens (including phenoxy) is 2. The van der Waals surface area contributed by atoms with E-state index in [0.29, 0.717) is 18.0 Å². The lowest BCUT2D eigenvalue weighted by molar-refractivity contribution is 0.0523. The Balaban J connectivity index is 1.90. The molecule has 0 aliphatic heterocycles. The Kier molecular flexibility index (Phi) is 5.54. The van der Waals surface area contributed by atoms with Crippen molar-refractivity contribution in [1.82, 2.24) is 5.32 Å². The largest absolute Gasteiger partial charge is 0.492 e. The summed E-state index contributed by atoms with van der Waals surface area (Å²) in [5.74, 6) is 4.05. The van der Waals surface area contributed by atoms with Crippen LogP contribution in [0.1, 0.15) is 51.2 Å². The molecule has 1 aliphatic rings. The van der Waals surface area contributed by atoms with Crippen molar-refractivity contribution in [2.45, 2.75) is 52.2 Å². The van der Waals surface area contributed by atoms with E-state index >= 15 is 0 Å². The molecule has 4 heteroatoms. The molecule has 0 heterocycles. The van der Waals surface area contributed by atoms with Crippen LogP contribution >= 0.6 is 0 Å². The molecule has 2 rings (SSSR count). The molecule has 23 heavy (non-hydrogen) atoms. The molecule has 1 fully saturated rings. The van der Waals surface area contributed by atoms with Crippen molar-refractivity contribution in [2.75, 3.05) is 6.61 Å². The van der Waals surface area contributed by atoms with Gasteiger partial charge in [0.25, 0.3) is 0 Å². The molecule has 1 N–H and O–H groups in total. The van der Waals surface area contributed by atoms with Gasteiger partial charge in [-0.25, -0.2) is 4.79 Å². The molecule has 124 valence electrons. The number of carbonyl (C=O) groups excluding carboxylic acids is 1. The summed E-state index contributed by atoms with van der Waals surface area (Å²) >= 11 is 0. The van der Waals surface area contributed by atoms with Gasteiger partial charge >= 0.3 is 6.09 Å². The molecule has 0 atom stereocenters. The molecule has 1 aromatic rings. The Morgan fingerprint density at radius 2 is 2.13 bits per heavy atom. The van der Waals surface area contributed by atoms with E-state index < -0.39 is 11.7 Å². The summed E-state index contributed by atoms with van der Waals surface area (Å²) in [5.41, 5.74) is 1.13. The van der Waals surface area contributed by atoms with Crippen molar-refractivity contribution in [3.8, 4) is 18.1 Å². The summed E-state index contributed by atoms with van der Waals surface area (Å²) in [7, 11) is 0. The minimum Gasteiger partial charge on any atom is -0.492 e. The molecule has 0 saturated heterocycles. The Hall–Kier alpha value is -2.15. The molecule has 0 aromatic heterocycles. The van der Waals surface area contributed by atoms with Crippen molar-refractivity contribution in [3.63, 3.8) is 0 Å². The molecule has 0 radical (unpaired) electrons. The summed E-state index contributed by atoms with van der Waals surface area (Å²) in [6.07, 6.45) is 8.91. The van der Waals surface area contributed by atoms with Crippen LogP contribution in [-0.4, -0.2) is 18.3 Å². The first-order valence-electron chi connectivity index (χ1n) is 8.06. The Labute approximate surface area is 138 Å². The Bertz CT molecular complexity index is 592. The number of benzene rings is 1. The highest BCUT2D eigenvalue weighted by Gasteiger charge is 2.19. The van der Waals surface area contributed by atoms with Crippen LogP contribution in [0.15, 0.2) is 18.2 Å². The van der Waals surface area contributed by atoms with Crippen LogP contribution in [0.5, 0.6) is 5.75 Å². The van der Waals surface area contributed by atoms with Crippen LogP contribution in [0.4, 0.5) is 4.79 Å². The number of terminal acetylenes is 1. The van der Waals surface area contributed by atoms with Crippen molar-refractivity contribution in [2.24, 2.45) is 5.92 Å². The second-order valence-corrected chi connectivity index (χ2v) is 6.94. The quantitative estimate of drug-likeness (QED) is 0.839. The van der Waals surface area contributed by atoms with Crippen LogP contribution in [0.25, 0.3) is 0 Å². The summed E-state index contributed by atoms with van der Waals surface area (Å²) < 4.78 is 11.0. The van der Waals surface area contributed by atoms with Crippen LogP contribution in [0.2, 0.25) is 0 Å². The fraction of sp³-hybridized carbons (Fsp3) is 0.526. The third-order valence-electron chi connectivity index (χ3n) is 3.73. The third kappa shape index (κ3) is 5.52. The van der Waals surface area contributed by atoms with Crippen molar-refractivity contribution in [1.29, 1.82) is 0 Å². The van der Waals surface area contributed by atoms with Gasteiger partial charge in [0.2, 0.25) is 0 Å². The molecule has 1 amide bonds. The van der Waals surface area contributed by atoms with Crippen molar-refractivity contribution < 1.29 is 14.3 Å². The van der Waals surface area contributed by atoms with Crippen LogP contribution in [0, 0.1) is 18.3 Å². The van der Waals surface area contributed by atoms with Crippen molar-refractivity contribution >= 4 is 6.09 Å². The second kappa shape index (κ2) is 7.41. The zero-order chi connectivity index (χ0) is 16.9. The average molecular weight is 315 g/mol. The van der Waals surface area contributed by atoms with Gasteiger partial charge in [0.05, 0.1) is 12.2 Å². The van der Waals surface area contributed by atoms with E-state index in [1.54, 1.807) is 0 Å². The lowest BCUT2D eigenvalue weighted by Gasteiger charge is -2.25. The minimum absolute atomic E-state index is 0.368. The van der Waals surface area contributed by atoms with Gasteiger partial charge in [-0.2, -0.15) is 0 Å². The maximum atomic E-state index is 11.7. The molecule has 0 unspecified atom stereocenters. The number of alkyl carbamates (subject to hydrolysis) is 1. The highest BCUT2D eigenvalue weighted by molar-refractivity contribution is 5.67. The number of carbonyl (C=O) groups is 1. The lowest BCUT2D eigenvalue weighted by atomic mass is 9.86. The fourth-order valence-electron chi connectivity index (χ4n) is 2.28. The highest BCUT2D eigenvalue weighted by atomic mass is 16.6. The van der Waals surface area contributed by atoms with Gasteiger partial charge in [0.1, 0.15) is 11.4 Å². The lowest BCUT2D eigenvalue weighted by Crippen LogP contribution is -2.32. The molecule has 0 spiro atoms. The van der Waals surface area contributed by atoms with Gasteiger partial charge in [-0.15, -0.1) is 6.42 Å². The number of rotatable bonds is 5. The molecule has 1 aromatic carbocycles. The van der Waals surface area contributed by atoms with E-state index in [1.807, 2.05) is 39.0 Å². The summed E-state index contributed by atoms with van der Waals surface area (Å²) in [5, 5.41) is 2.72. The van der Waals surface area contributed by atoms with Gasteiger partial charge in [-0.1, -0.05) is 18.4 Å². The molecular weight excluding hydrogens is 290 g/mol. The van der Waals surface area contributed by atoms with E-state index in [-0.39, 0.29) is 0 Å². The maximum Gasteiger partial charge on any atom is 0.407 e. The monoisotopic (exact) mass is 315 g/mol. The number of hydrogen-bond donors (Lipinski definition) is 1. The predicted molar refractivity (Wildman–Crippen MR) is 90.3 cm³/mol. The van der Waals surface area contributed by atoms with E-state index in [1.165, 1.54) is 19.3 Å². The first kappa shape index (κ1) is 17.2. The first-order chi connectivity index (χ1) is 10.9. The number of amides is 1. The standard InChI is InChI=1S/C19H25NO3/c1-5-16-11-15(12-20-18(21)23-19(2,3)4)9-10-17(16)22-13-14-7-6-8-14/h1,9-11,14H,6-8,12-13H2,2-4H3,(H,20,21). The minimum atomic E-state index is -0.507. The van der Waals surface area contributed by atoms with Crippen LogP contribution in [0.3, 0.4) is 0 Å². The topological polar surface area (TPSA) is 47.6 Å². The van der Waals surface area contributed by atoms with Gasteiger partial charge < -0.3 is 14.8 Å². The van der Waals surface area contributed by atoms with Crippen LogP contribution < -0.4 is 10.1 Å². The van der Waals surface area contributed by atoms with Crippen LogP contribution in [-0.2, 0) is 11.3 Å². The normalized spacial score (nSPS) is 14.5. The van der Waals surface area contributed by atoms with E-state index in [2.05, 4.69) is 11.2 Å². The maximum absolute atomic E-state index is 11.7. The molecule has 4 nitrogen and oxygen atoms in total. The van der Waals surface area contributed by atoms with Gasteiger partial charge in [-0.05, 0) is 57.2 Å². The van der Waals surface area contributed by atoms with E-state index in [0.717, 1.165) is 17.9 Å². The zero-order valence-corrected chi connectivity index (χ0v) is 14.1. The predicted octanol–water partition coefficient (Wildman–Crippen LogP) is 3.87. The number of hydrogen-bond acceptors (Lipinski definition) is 3. The summed E-state index contributed by atoms with van der Waals surface area (Å²) in [6, 6.07) is 5.65. The third-order valence-corrected chi connectivity index (χ3v) is 3.73. The highest BCUT2D eigenvalue weighted by Crippen LogP contribution is 2.28. The fourth-order valence-corrected chi connectivity index (χ4v) is 2.28. The summed E-state index contributed by atoms with van der Waals surface area (Å²) in [4.78, 5) is 11.7. The molecule has 0 bridgehead atoms. The smallest absolute Gasteiger partial charge is 0.407 e. The Morgan fingerprint density at radius 3 is 2.70 bits per heavy atom. The first-order valence-corrected chi connectivity index (χ1v) is 8.06. The van der Waals surface area contributed by atoms with E-state index in [4.69, 9.17) is 15.9 Å². The number of nitrogens with one attached hydrogen (secondary N) is 1. The summed E-state index contributed by atoms with van der Waals surface area (Å²) in [6.45, 7) is 6.59. The molecular formula is C19H25NO3. The van der Waals surface area contributed by atoms with Gasteiger partial charge in [0, 0.05) is 6.54 Å². The van der Waals surface area contributed by atoms with E-state index in [9.17, 15) is 4.79 Å². The van der Waals surface area contributed by atoms with Gasteiger partial charge in [0.15, 0.2) is 0 Å². The average Bonchev–Trinajstić information content (AvgIpc) is 2.42. The SMILES string of the molecule is C#Cc1cc(CNC(=O)OC(C)(C)C)ccc1OCC1CCC1. The van der Waals surface area contributed by atoms with Gasteiger partial charge in [-0.3, -0.25) is 0 Å². The van der Waals surface area contributed by atoms with Crippen molar-refractivity contribution in [3.05, 3.63) is 29.3 Å². The second-order valence-electron chi connectivity index (χ2n) is 6.94. The molecule has 1 aliphatic carbocycles. The molecule has 1 saturated carbocycles.